The summed E-state index contributed by atoms with van der Waals surface area (Å²) in [5, 5.41) is 0.627. The molecular formula is C19H17ClN2O3. The van der Waals surface area contributed by atoms with Crippen LogP contribution >= 0.6 is 11.6 Å². The number of amides is 1. The van der Waals surface area contributed by atoms with Gasteiger partial charge in [-0.3, -0.25) is 4.79 Å². The molecule has 6 heteroatoms. The molecule has 0 bridgehead atoms. The van der Waals surface area contributed by atoms with Gasteiger partial charge in [0.1, 0.15) is 23.8 Å². The lowest BCUT2D eigenvalue weighted by Gasteiger charge is -2.05. The number of rotatable bonds is 6. The van der Waals surface area contributed by atoms with E-state index in [2.05, 4.69) is 4.98 Å². The molecule has 0 aliphatic carbocycles. The number of nitrogens with zero attached hydrogens (tertiary/aromatic N) is 1. The molecule has 0 aliphatic heterocycles. The Bertz CT molecular complexity index is 888. The maximum atomic E-state index is 10.9. The van der Waals surface area contributed by atoms with Crippen molar-refractivity contribution >= 4 is 17.5 Å². The molecule has 2 aromatic carbocycles. The van der Waals surface area contributed by atoms with Crippen LogP contribution in [0.15, 0.2) is 52.9 Å². The Labute approximate surface area is 150 Å². The average Bonchev–Trinajstić information content (AvgIpc) is 2.95. The lowest BCUT2D eigenvalue weighted by molar-refractivity contribution is -0.117. The molecule has 0 radical (unpaired) electrons. The largest absolute Gasteiger partial charge is 0.487 e. The van der Waals surface area contributed by atoms with E-state index < -0.39 is 0 Å². The zero-order valence-corrected chi connectivity index (χ0v) is 14.4. The summed E-state index contributed by atoms with van der Waals surface area (Å²) in [6.07, 6.45) is 0.214. The van der Waals surface area contributed by atoms with Crippen LogP contribution in [0.3, 0.4) is 0 Å². The molecule has 0 atom stereocenters. The quantitative estimate of drug-likeness (QED) is 0.726. The van der Waals surface area contributed by atoms with Gasteiger partial charge in [0.15, 0.2) is 0 Å². The summed E-state index contributed by atoms with van der Waals surface area (Å²) >= 11 is 6.00. The van der Waals surface area contributed by atoms with Gasteiger partial charge in [0.25, 0.3) is 0 Å². The third kappa shape index (κ3) is 4.39. The molecule has 0 spiro atoms. The summed E-state index contributed by atoms with van der Waals surface area (Å²) in [5.74, 6) is 1.52. The van der Waals surface area contributed by atoms with E-state index in [-0.39, 0.29) is 18.9 Å². The van der Waals surface area contributed by atoms with Gasteiger partial charge in [0.05, 0.1) is 6.42 Å². The monoisotopic (exact) mass is 356 g/mol. The second-order valence-corrected chi connectivity index (χ2v) is 6.04. The summed E-state index contributed by atoms with van der Waals surface area (Å²) in [7, 11) is 0. The highest BCUT2D eigenvalue weighted by molar-refractivity contribution is 6.30. The Morgan fingerprint density at radius 3 is 2.68 bits per heavy atom. The first-order valence-electron chi connectivity index (χ1n) is 7.73. The molecular weight excluding hydrogens is 340 g/mol. The van der Waals surface area contributed by atoms with Crippen LogP contribution in [0.25, 0.3) is 11.5 Å². The Morgan fingerprint density at radius 1 is 1.24 bits per heavy atom. The number of benzene rings is 2. The van der Waals surface area contributed by atoms with Crippen molar-refractivity contribution in [2.24, 2.45) is 5.73 Å². The van der Waals surface area contributed by atoms with Crippen molar-refractivity contribution in [1.29, 1.82) is 0 Å². The second-order valence-electron chi connectivity index (χ2n) is 5.61. The molecule has 3 aromatic rings. The number of aryl methyl sites for hydroxylation is 1. The number of oxazole rings is 1. The van der Waals surface area contributed by atoms with E-state index in [0.29, 0.717) is 22.4 Å². The van der Waals surface area contributed by atoms with Gasteiger partial charge in [-0.05, 0) is 42.8 Å². The van der Waals surface area contributed by atoms with Crippen LogP contribution < -0.4 is 10.5 Å². The summed E-state index contributed by atoms with van der Waals surface area (Å²) in [4.78, 5) is 15.4. The maximum absolute atomic E-state index is 10.9. The Balaban J connectivity index is 1.68. The van der Waals surface area contributed by atoms with E-state index in [1.165, 1.54) is 0 Å². The molecule has 1 heterocycles. The molecule has 25 heavy (non-hydrogen) atoms. The predicted molar refractivity (Wildman–Crippen MR) is 95.4 cm³/mol. The normalized spacial score (nSPS) is 10.6. The van der Waals surface area contributed by atoms with Gasteiger partial charge < -0.3 is 14.9 Å². The zero-order valence-electron chi connectivity index (χ0n) is 13.7. The Hall–Kier alpha value is -2.79. The van der Waals surface area contributed by atoms with Crippen LogP contribution in [0.2, 0.25) is 5.02 Å². The minimum Gasteiger partial charge on any atom is -0.487 e. The van der Waals surface area contributed by atoms with Crippen molar-refractivity contribution in [1.82, 2.24) is 4.98 Å². The molecule has 128 valence electrons. The van der Waals surface area contributed by atoms with Gasteiger partial charge >= 0.3 is 0 Å². The number of ether oxygens (including phenoxy) is 1. The molecule has 0 aliphatic rings. The molecule has 0 saturated heterocycles. The van der Waals surface area contributed by atoms with Crippen molar-refractivity contribution in [3.05, 3.63) is 70.6 Å². The van der Waals surface area contributed by atoms with Gasteiger partial charge in [-0.15, -0.1) is 0 Å². The van der Waals surface area contributed by atoms with Crippen molar-refractivity contribution in [3.63, 3.8) is 0 Å². The summed E-state index contributed by atoms with van der Waals surface area (Å²) in [6.45, 7) is 2.13. The molecule has 5 nitrogen and oxygen atoms in total. The van der Waals surface area contributed by atoms with E-state index in [1.54, 1.807) is 24.3 Å². The maximum Gasteiger partial charge on any atom is 0.226 e. The van der Waals surface area contributed by atoms with E-state index in [0.717, 1.165) is 16.8 Å². The molecule has 0 unspecified atom stereocenters. The SMILES string of the molecule is Cc1oc(-c2cccc(Cl)c2)nc1COc1ccc(CC(N)=O)cc1. The number of primary amides is 1. The topological polar surface area (TPSA) is 78.3 Å². The summed E-state index contributed by atoms with van der Waals surface area (Å²) in [5.41, 5.74) is 7.56. The van der Waals surface area contributed by atoms with Gasteiger partial charge in [-0.2, -0.15) is 0 Å². The Morgan fingerprint density at radius 2 is 2.00 bits per heavy atom. The van der Waals surface area contributed by atoms with Crippen LogP contribution in [-0.4, -0.2) is 10.9 Å². The standard InChI is InChI=1S/C19H17ClN2O3/c1-12-17(22-19(25-12)14-3-2-4-15(20)10-14)11-24-16-7-5-13(6-8-16)9-18(21)23/h2-8,10H,9,11H2,1H3,(H2,21,23). The van der Waals surface area contributed by atoms with Crippen LogP contribution in [0.5, 0.6) is 5.75 Å². The fraction of sp³-hybridized carbons (Fsp3) is 0.158. The summed E-state index contributed by atoms with van der Waals surface area (Å²) in [6, 6.07) is 14.6. The van der Waals surface area contributed by atoms with Crippen LogP contribution in [-0.2, 0) is 17.8 Å². The third-order valence-electron chi connectivity index (χ3n) is 3.64. The zero-order chi connectivity index (χ0) is 17.8. The number of nitrogens with two attached hydrogens (primary N) is 1. The lowest BCUT2D eigenvalue weighted by Crippen LogP contribution is -2.13. The number of carbonyl (C=O) groups excluding carboxylic acids is 1. The van der Waals surface area contributed by atoms with Gasteiger partial charge in [0.2, 0.25) is 11.8 Å². The van der Waals surface area contributed by atoms with Gasteiger partial charge in [0, 0.05) is 10.6 Å². The van der Waals surface area contributed by atoms with Crippen molar-refractivity contribution < 1.29 is 13.9 Å². The minimum absolute atomic E-state index is 0.214. The average molecular weight is 357 g/mol. The highest BCUT2D eigenvalue weighted by atomic mass is 35.5. The molecule has 0 fully saturated rings. The molecule has 0 saturated carbocycles. The van der Waals surface area contributed by atoms with E-state index in [1.807, 2.05) is 31.2 Å². The molecule has 3 rings (SSSR count). The number of aromatic nitrogens is 1. The summed E-state index contributed by atoms with van der Waals surface area (Å²) < 4.78 is 11.4. The first-order valence-corrected chi connectivity index (χ1v) is 8.11. The Kier molecular flexibility index (Phi) is 5.05. The first-order chi connectivity index (χ1) is 12.0. The van der Waals surface area contributed by atoms with Gasteiger partial charge in [-0.1, -0.05) is 29.8 Å². The van der Waals surface area contributed by atoms with Crippen molar-refractivity contribution in [2.45, 2.75) is 20.0 Å². The first kappa shape index (κ1) is 17.0. The van der Waals surface area contributed by atoms with E-state index in [9.17, 15) is 4.79 Å². The third-order valence-corrected chi connectivity index (χ3v) is 3.88. The van der Waals surface area contributed by atoms with Crippen molar-refractivity contribution in [3.8, 4) is 17.2 Å². The number of hydrogen-bond acceptors (Lipinski definition) is 4. The minimum atomic E-state index is -0.361. The van der Waals surface area contributed by atoms with Gasteiger partial charge in [-0.25, -0.2) is 4.98 Å². The van der Waals surface area contributed by atoms with E-state index in [4.69, 9.17) is 26.5 Å². The lowest BCUT2D eigenvalue weighted by atomic mass is 10.1. The van der Waals surface area contributed by atoms with Crippen LogP contribution in [0.1, 0.15) is 17.0 Å². The number of carbonyl (C=O) groups is 1. The molecule has 1 aromatic heterocycles. The fourth-order valence-corrected chi connectivity index (χ4v) is 2.55. The molecule has 2 N–H and O–H groups in total. The smallest absolute Gasteiger partial charge is 0.226 e. The fourth-order valence-electron chi connectivity index (χ4n) is 2.36. The highest BCUT2D eigenvalue weighted by Gasteiger charge is 2.12. The van der Waals surface area contributed by atoms with Crippen LogP contribution in [0.4, 0.5) is 0 Å². The second kappa shape index (κ2) is 7.40. The number of hydrogen-bond donors (Lipinski definition) is 1. The number of halogens is 1. The van der Waals surface area contributed by atoms with Crippen molar-refractivity contribution in [2.75, 3.05) is 0 Å². The van der Waals surface area contributed by atoms with Crippen LogP contribution in [0, 0.1) is 6.92 Å². The highest BCUT2D eigenvalue weighted by Crippen LogP contribution is 2.25. The van der Waals surface area contributed by atoms with E-state index >= 15 is 0 Å². The molecule has 1 amide bonds. The predicted octanol–water partition coefficient (Wildman–Crippen LogP) is 3.91.